The molecule has 0 atom stereocenters. The van der Waals surface area contributed by atoms with Crippen LogP contribution >= 0.6 is 15.9 Å². The highest BCUT2D eigenvalue weighted by Crippen LogP contribution is 2.15. The summed E-state index contributed by atoms with van der Waals surface area (Å²) in [5.74, 6) is -1.73. The minimum Gasteiger partial charge on any atom is -0.478 e. The van der Waals surface area contributed by atoms with E-state index in [0.717, 1.165) is 4.47 Å². The first-order valence-electron chi connectivity index (χ1n) is 6.76. The van der Waals surface area contributed by atoms with Crippen LogP contribution in [0.25, 0.3) is 0 Å². The van der Waals surface area contributed by atoms with Crippen LogP contribution in [0.2, 0.25) is 0 Å². The van der Waals surface area contributed by atoms with E-state index in [1.54, 1.807) is 24.3 Å². The molecule has 120 valence electrons. The Morgan fingerprint density at radius 3 is 2.46 bits per heavy atom. The van der Waals surface area contributed by atoms with Crippen molar-refractivity contribution < 1.29 is 14.7 Å². The summed E-state index contributed by atoms with van der Waals surface area (Å²) in [5, 5.41) is 23.4. The van der Waals surface area contributed by atoms with Crippen molar-refractivity contribution in [1.82, 2.24) is 0 Å². The number of aromatic carboxylic acids is 1. The molecule has 2 aromatic rings. The van der Waals surface area contributed by atoms with Gasteiger partial charge < -0.3 is 15.7 Å². The Labute approximate surface area is 146 Å². The van der Waals surface area contributed by atoms with E-state index >= 15 is 0 Å². The number of rotatable bonds is 5. The first-order chi connectivity index (χ1) is 11.5. The minimum absolute atomic E-state index is 0.0447. The molecule has 0 saturated heterocycles. The number of nitrogens with zero attached hydrogens (tertiary/aromatic N) is 1. The molecule has 0 aliphatic heterocycles. The number of carbonyl (C=O) groups excluding carboxylic acids is 1. The van der Waals surface area contributed by atoms with E-state index in [1.165, 1.54) is 24.4 Å². The van der Waals surface area contributed by atoms with Gasteiger partial charge in [-0.1, -0.05) is 22.0 Å². The number of anilines is 2. The number of carboxylic acids is 1. The minimum atomic E-state index is -1.10. The molecule has 2 rings (SSSR count). The van der Waals surface area contributed by atoms with Crippen molar-refractivity contribution in [1.29, 1.82) is 5.26 Å². The maximum Gasteiger partial charge on any atom is 0.335 e. The molecule has 0 aliphatic carbocycles. The molecule has 0 unspecified atom stereocenters. The SMILES string of the molecule is N#C/C(=C/Nc1ccc(Br)cc1)C(=O)Nc1cccc(C(=O)O)c1. The standard InChI is InChI=1S/C17H12BrN3O3/c18-13-4-6-14(7-5-13)20-10-12(9-19)16(22)21-15-3-1-2-11(8-15)17(23)24/h1-8,10,20H,(H,21,22)(H,23,24)/b12-10-. The second-order valence-electron chi connectivity index (χ2n) is 4.66. The molecule has 6 nitrogen and oxygen atoms in total. The van der Waals surface area contributed by atoms with E-state index in [4.69, 9.17) is 10.4 Å². The molecule has 1 amide bonds. The van der Waals surface area contributed by atoms with Gasteiger partial charge in [-0.05, 0) is 42.5 Å². The number of benzene rings is 2. The van der Waals surface area contributed by atoms with Gasteiger partial charge in [0.15, 0.2) is 0 Å². The highest BCUT2D eigenvalue weighted by Gasteiger charge is 2.10. The zero-order valence-electron chi connectivity index (χ0n) is 12.3. The van der Waals surface area contributed by atoms with Crippen LogP contribution in [0, 0.1) is 11.3 Å². The van der Waals surface area contributed by atoms with E-state index in [-0.39, 0.29) is 11.1 Å². The molecule has 24 heavy (non-hydrogen) atoms. The van der Waals surface area contributed by atoms with Crippen LogP contribution < -0.4 is 10.6 Å². The predicted molar refractivity (Wildman–Crippen MR) is 93.5 cm³/mol. The van der Waals surface area contributed by atoms with E-state index in [2.05, 4.69) is 26.6 Å². The molecule has 0 aromatic heterocycles. The normalized spacial score (nSPS) is 10.6. The van der Waals surface area contributed by atoms with Crippen LogP contribution in [-0.2, 0) is 4.79 Å². The summed E-state index contributed by atoms with van der Waals surface area (Å²) in [5.41, 5.74) is 0.915. The second kappa shape index (κ2) is 7.94. The van der Waals surface area contributed by atoms with Crippen LogP contribution in [0.1, 0.15) is 10.4 Å². The third kappa shape index (κ3) is 4.69. The number of carboxylic acid groups (broad SMARTS) is 1. The van der Waals surface area contributed by atoms with Crippen LogP contribution in [0.4, 0.5) is 11.4 Å². The van der Waals surface area contributed by atoms with Gasteiger partial charge in [-0.25, -0.2) is 4.79 Å². The number of amides is 1. The smallest absolute Gasteiger partial charge is 0.335 e. The lowest BCUT2D eigenvalue weighted by atomic mass is 10.2. The largest absolute Gasteiger partial charge is 0.478 e. The molecule has 0 fully saturated rings. The van der Waals surface area contributed by atoms with Gasteiger partial charge in [0.25, 0.3) is 5.91 Å². The summed E-state index contributed by atoms with van der Waals surface area (Å²) >= 11 is 3.31. The molecule has 7 heteroatoms. The second-order valence-corrected chi connectivity index (χ2v) is 5.58. The number of halogens is 1. The van der Waals surface area contributed by atoms with Crippen LogP contribution in [-0.4, -0.2) is 17.0 Å². The fourth-order valence-corrected chi connectivity index (χ4v) is 2.04. The molecular formula is C17H12BrN3O3. The highest BCUT2D eigenvalue weighted by atomic mass is 79.9. The van der Waals surface area contributed by atoms with Crippen molar-refractivity contribution in [3.63, 3.8) is 0 Å². The van der Waals surface area contributed by atoms with Crippen LogP contribution in [0.3, 0.4) is 0 Å². The summed E-state index contributed by atoms with van der Waals surface area (Å²) < 4.78 is 0.911. The Bertz CT molecular complexity index is 839. The average Bonchev–Trinajstić information content (AvgIpc) is 2.57. The molecular weight excluding hydrogens is 374 g/mol. The topological polar surface area (TPSA) is 102 Å². The quantitative estimate of drug-likeness (QED) is 0.538. The maximum atomic E-state index is 12.1. The van der Waals surface area contributed by atoms with Gasteiger partial charge in [-0.2, -0.15) is 5.26 Å². The van der Waals surface area contributed by atoms with Gasteiger partial charge in [0, 0.05) is 22.0 Å². The third-order valence-electron chi connectivity index (χ3n) is 2.96. The number of hydrogen-bond acceptors (Lipinski definition) is 4. The van der Waals surface area contributed by atoms with Crippen molar-refractivity contribution in [2.45, 2.75) is 0 Å². The molecule has 0 heterocycles. The van der Waals surface area contributed by atoms with Gasteiger partial charge in [-0.15, -0.1) is 0 Å². The Morgan fingerprint density at radius 2 is 1.83 bits per heavy atom. The highest BCUT2D eigenvalue weighted by molar-refractivity contribution is 9.10. The van der Waals surface area contributed by atoms with Gasteiger partial charge in [0.05, 0.1) is 5.56 Å². The summed E-state index contributed by atoms with van der Waals surface area (Å²) in [6, 6.07) is 14.8. The zero-order chi connectivity index (χ0) is 17.5. The lowest BCUT2D eigenvalue weighted by Crippen LogP contribution is -2.15. The molecule has 3 N–H and O–H groups in total. The summed E-state index contributed by atoms with van der Waals surface area (Å²) in [4.78, 5) is 23.0. The Morgan fingerprint density at radius 1 is 1.12 bits per heavy atom. The number of hydrogen-bond donors (Lipinski definition) is 3. The summed E-state index contributed by atoms with van der Waals surface area (Å²) in [6.45, 7) is 0. The van der Waals surface area contributed by atoms with E-state index in [0.29, 0.717) is 11.4 Å². The van der Waals surface area contributed by atoms with Gasteiger partial charge in [0.1, 0.15) is 11.6 Å². The number of carbonyl (C=O) groups is 2. The monoisotopic (exact) mass is 385 g/mol. The van der Waals surface area contributed by atoms with E-state index in [1.807, 2.05) is 12.1 Å². The maximum absolute atomic E-state index is 12.1. The van der Waals surface area contributed by atoms with E-state index < -0.39 is 11.9 Å². The summed E-state index contributed by atoms with van der Waals surface area (Å²) in [7, 11) is 0. The summed E-state index contributed by atoms with van der Waals surface area (Å²) in [6.07, 6.45) is 1.29. The first-order valence-corrected chi connectivity index (χ1v) is 7.56. The fourth-order valence-electron chi connectivity index (χ4n) is 1.78. The Balaban J connectivity index is 2.10. The Hall–Kier alpha value is -3.11. The Kier molecular flexibility index (Phi) is 5.71. The molecule has 0 aliphatic rings. The van der Waals surface area contributed by atoms with Crippen molar-refractivity contribution >= 4 is 39.2 Å². The van der Waals surface area contributed by atoms with Gasteiger partial charge >= 0.3 is 5.97 Å². The van der Waals surface area contributed by atoms with E-state index in [9.17, 15) is 9.59 Å². The van der Waals surface area contributed by atoms with Gasteiger partial charge in [-0.3, -0.25) is 4.79 Å². The van der Waals surface area contributed by atoms with Crippen molar-refractivity contribution in [2.24, 2.45) is 0 Å². The fraction of sp³-hybridized carbons (Fsp3) is 0. The third-order valence-corrected chi connectivity index (χ3v) is 3.49. The van der Waals surface area contributed by atoms with Gasteiger partial charge in [0.2, 0.25) is 0 Å². The number of nitrogens with one attached hydrogen (secondary N) is 2. The lowest BCUT2D eigenvalue weighted by Gasteiger charge is -2.06. The van der Waals surface area contributed by atoms with Crippen LogP contribution in [0.15, 0.2) is 64.8 Å². The zero-order valence-corrected chi connectivity index (χ0v) is 13.9. The van der Waals surface area contributed by atoms with Crippen molar-refractivity contribution in [3.8, 4) is 6.07 Å². The molecule has 0 radical (unpaired) electrons. The molecule has 0 bridgehead atoms. The molecule has 2 aromatic carbocycles. The first kappa shape index (κ1) is 17.2. The van der Waals surface area contributed by atoms with Crippen molar-refractivity contribution in [3.05, 3.63) is 70.3 Å². The number of nitriles is 1. The molecule has 0 spiro atoms. The average molecular weight is 386 g/mol. The van der Waals surface area contributed by atoms with Crippen molar-refractivity contribution in [2.75, 3.05) is 10.6 Å². The lowest BCUT2D eigenvalue weighted by molar-refractivity contribution is -0.112. The predicted octanol–water partition coefficient (Wildman–Crippen LogP) is 3.61. The van der Waals surface area contributed by atoms with Crippen LogP contribution in [0.5, 0.6) is 0 Å². The molecule has 0 saturated carbocycles.